The molecule has 0 N–H and O–H groups in total. The number of imidazole rings is 1. The maximum absolute atomic E-state index is 12.9. The molecule has 1 aromatic carbocycles. The van der Waals surface area contributed by atoms with Crippen LogP contribution in [-0.4, -0.2) is 30.3 Å². The third kappa shape index (κ3) is 2.83. The molecule has 4 rings (SSSR count). The van der Waals surface area contributed by atoms with Gasteiger partial charge in [0.1, 0.15) is 4.32 Å². The third-order valence-corrected chi connectivity index (χ3v) is 6.69. The van der Waals surface area contributed by atoms with Gasteiger partial charge in [-0.1, -0.05) is 49.3 Å². The highest BCUT2D eigenvalue weighted by Crippen LogP contribution is 2.37. The maximum atomic E-state index is 12.9. The number of benzene rings is 1. The molecule has 1 saturated carbocycles. The van der Waals surface area contributed by atoms with E-state index in [0.717, 1.165) is 29.4 Å². The van der Waals surface area contributed by atoms with Gasteiger partial charge in [0.25, 0.3) is 5.91 Å². The Kier molecular flexibility index (Phi) is 4.52. The Hall–Kier alpha value is -1.86. The number of thiocarbonyl (C=S) groups is 1. The molecule has 2 aliphatic rings. The number of hydrogen-bond acceptors (Lipinski definition) is 4. The first-order valence-corrected chi connectivity index (χ1v) is 10.1. The molecule has 0 spiro atoms. The summed E-state index contributed by atoms with van der Waals surface area (Å²) in [5, 5.41) is 0. The lowest BCUT2D eigenvalue weighted by atomic mass is 9.94. The number of carbonyl (C=O) groups excluding carboxylic acids is 1. The molecular formula is C19H21N3O2S2. The number of aryl methyl sites for hydroxylation is 2. The van der Waals surface area contributed by atoms with Crippen molar-refractivity contribution in [3.63, 3.8) is 0 Å². The number of amides is 1. The molecule has 7 heteroatoms. The molecule has 1 aliphatic heterocycles. The summed E-state index contributed by atoms with van der Waals surface area (Å²) < 4.78 is 3.92. The fourth-order valence-corrected chi connectivity index (χ4v) is 5.30. The van der Waals surface area contributed by atoms with Crippen LogP contribution < -0.4 is 5.69 Å². The molecule has 26 heavy (non-hydrogen) atoms. The van der Waals surface area contributed by atoms with Crippen LogP contribution in [0.25, 0.3) is 17.1 Å². The summed E-state index contributed by atoms with van der Waals surface area (Å²) in [5.41, 5.74) is 2.59. The molecule has 0 radical (unpaired) electrons. The minimum atomic E-state index is -0.0548. The SMILES string of the molecule is Cn1c(=O)n(C)c2cc(/C=C3\SC(=S)N(C4CCCCC4)C3=O)ccc21. The van der Waals surface area contributed by atoms with Crippen molar-refractivity contribution in [1.29, 1.82) is 0 Å². The van der Waals surface area contributed by atoms with E-state index in [1.165, 1.54) is 31.0 Å². The quantitative estimate of drug-likeness (QED) is 0.585. The van der Waals surface area contributed by atoms with Crippen molar-refractivity contribution in [1.82, 2.24) is 14.0 Å². The van der Waals surface area contributed by atoms with E-state index in [1.54, 1.807) is 23.2 Å². The highest BCUT2D eigenvalue weighted by atomic mass is 32.2. The van der Waals surface area contributed by atoms with E-state index in [2.05, 4.69) is 0 Å². The van der Waals surface area contributed by atoms with Crippen molar-refractivity contribution in [3.8, 4) is 0 Å². The summed E-state index contributed by atoms with van der Waals surface area (Å²) in [6.45, 7) is 0. The highest BCUT2D eigenvalue weighted by Gasteiger charge is 2.37. The largest absolute Gasteiger partial charge is 0.328 e. The van der Waals surface area contributed by atoms with Gasteiger partial charge < -0.3 is 0 Å². The van der Waals surface area contributed by atoms with E-state index in [-0.39, 0.29) is 17.6 Å². The number of thioether (sulfide) groups is 1. The lowest BCUT2D eigenvalue weighted by Crippen LogP contribution is -2.39. The van der Waals surface area contributed by atoms with E-state index in [9.17, 15) is 9.59 Å². The average molecular weight is 388 g/mol. The van der Waals surface area contributed by atoms with Crippen LogP contribution in [0.5, 0.6) is 0 Å². The predicted molar refractivity (Wildman–Crippen MR) is 110 cm³/mol. The highest BCUT2D eigenvalue weighted by molar-refractivity contribution is 8.26. The monoisotopic (exact) mass is 387 g/mol. The molecule has 136 valence electrons. The summed E-state index contributed by atoms with van der Waals surface area (Å²) >= 11 is 6.87. The second-order valence-electron chi connectivity index (χ2n) is 6.99. The minimum absolute atomic E-state index is 0.0222. The van der Waals surface area contributed by atoms with Crippen LogP contribution in [0.1, 0.15) is 37.7 Å². The van der Waals surface area contributed by atoms with Gasteiger partial charge in [0.05, 0.1) is 15.9 Å². The Labute approximate surface area is 161 Å². The van der Waals surface area contributed by atoms with E-state index >= 15 is 0 Å². The molecule has 0 atom stereocenters. The lowest BCUT2D eigenvalue weighted by Gasteiger charge is -2.29. The second-order valence-corrected chi connectivity index (χ2v) is 8.67. The smallest absolute Gasteiger partial charge is 0.295 e. The Morgan fingerprint density at radius 1 is 1.08 bits per heavy atom. The number of nitrogens with zero attached hydrogens (tertiary/aromatic N) is 3. The summed E-state index contributed by atoms with van der Waals surface area (Å²) in [5.74, 6) is 0.0222. The van der Waals surface area contributed by atoms with Gasteiger partial charge in [-0.2, -0.15) is 0 Å². The Morgan fingerprint density at radius 2 is 1.77 bits per heavy atom. The first-order valence-electron chi connectivity index (χ1n) is 8.90. The Balaban J connectivity index is 1.67. The van der Waals surface area contributed by atoms with Crippen LogP contribution in [0.2, 0.25) is 0 Å². The number of fused-ring (bicyclic) bond motifs is 1. The normalized spacial score (nSPS) is 20.7. The summed E-state index contributed by atoms with van der Waals surface area (Å²) in [4.78, 5) is 27.5. The van der Waals surface area contributed by atoms with Crippen LogP contribution in [0.4, 0.5) is 0 Å². The number of carbonyl (C=O) groups is 1. The lowest BCUT2D eigenvalue weighted by molar-refractivity contribution is -0.124. The van der Waals surface area contributed by atoms with Crippen molar-refractivity contribution in [2.24, 2.45) is 14.1 Å². The van der Waals surface area contributed by atoms with E-state index in [1.807, 2.05) is 29.2 Å². The van der Waals surface area contributed by atoms with E-state index < -0.39 is 0 Å². The van der Waals surface area contributed by atoms with E-state index in [0.29, 0.717) is 9.23 Å². The maximum Gasteiger partial charge on any atom is 0.328 e. The van der Waals surface area contributed by atoms with Gasteiger partial charge in [-0.15, -0.1) is 0 Å². The van der Waals surface area contributed by atoms with Crippen LogP contribution >= 0.6 is 24.0 Å². The molecule has 5 nitrogen and oxygen atoms in total. The number of hydrogen-bond donors (Lipinski definition) is 0. The molecule has 1 amide bonds. The molecule has 1 aliphatic carbocycles. The van der Waals surface area contributed by atoms with Crippen LogP contribution in [-0.2, 0) is 18.9 Å². The Bertz CT molecular complexity index is 996. The number of rotatable bonds is 2. The number of aromatic nitrogens is 2. The zero-order chi connectivity index (χ0) is 18.4. The topological polar surface area (TPSA) is 47.2 Å². The Morgan fingerprint density at radius 3 is 2.50 bits per heavy atom. The summed E-state index contributed by atoms with van der Waals surface area (Å²) in [6.07, 6.45) is 7.55. The molecule has 1 saturated heterocycles. The van der Waals surface area contributed by atoms with Gasteiger partial charge in [-0.05, 0) is 36.6 Å². The van der Waals surface area contributed by atoms with Gasteiger partial charge in [0.15, 0.2) is 0 Å². The standard InChI is InChI=1S/C19H21N3O2S2/c1-20-14-9-8-12(10-15(14)21(2)18(20)24)11-16-17(23)22(19(25)26-16)13-6-4-3-5-7-13/h8-11,13H,3-7H2,1-2H3/b16-11-. The summed E-state index contributed by atoms with van der Waals surface area (Å²) in [7, 11) is 3.52. The van der Waals surface area contributed by atoms with Gasteiger partial charge in [0.2, 0.25) is 0 Å². The first kappa shape index (κ1) is 17.5. The van der Waals surface area contributed by atoms with Crippen molar-refractivity contribution in [2.75, 3.05) is 0 Å². The molecule has 2 heterocycles. The third-order valence-electron chi connectivity index (χ3n) is 5.36. The first-order chi connectivity index (χ1) is 12.5. The molecule has 2 fully saturated rings. The predicted octanol–water partition coefficient (Wildman–Crippen LogP) is 3.41. The average Bonchev–Trinajstić information content (AvgIpc) is 3.04. The second kappa shape index (κ2) is 6.70. The van der Waals surface area contributed by atoms with Crippen molar-refractivity contribution in [2.45, 2.75) is 38.1 Å². The van der Waals surface area contributed by atoms with Crippen LogP contribution in [0.15, 0.2) is 27.9 Å². The fourth-order valence-electron chi connectivity index (χ4n) is 3.90. The van der Waals surface area contributed by atoms with Gasteiger partial charge >= 0.3 is 5.69 Å². The summed E-state index contributed by atoms with van der Waals surface area (Å²) in [6, 6.07) is 6.06. The molecule has 1 aromatic heterocycles. The minimum Gasteiger partial charge on any atom is -0.295 e. The van der Waals surface area contributed by atoms with Crippen molar-refractivity contribution >= 4 is 51.3 Å². The van der Waals surface area contributed by atoms with Gasteiger partial charge in [-0.3, -0.25) is 18.8 Å². The fraction of sp³-hybridized carbons (Fsp3) is 0.421. The zero-order valence-electron chi connectivity index (χ0n) is 14.9. The van der Waals surface area contributed by atoms with Gasteiger partial charge in [-0.25, -0.2) is 4.79 Å². The van der Waals surface area contributed by atoms with E-state index in [4.69, 9.17) is 12.2 Å². The van der Waals surface area contributed by atoms with Crippen LogP contribution in [0, 0.1) is 0 Å². The molecule has 0 bridgehead atoms. The van der Waals surface area contributed by atoms with Crippen LogP contribution in [0.3, 0.4) is 0 Å². The van der Waals surface area contributed by atoms with Gasteiger partial charge in [0, 0.05) is 20.1 Å². The zero-order valence-corrected chi connectivity index (χ0v) is 16.5. The molecule has 2 aromatic rings. The molecular weight excluding hydrogens is 366 g/mol. The molecule has 0 unspecified atom stereocenters. The van der Waals surface area contributed by atoms with Crippen molar-refractivity contribution < 1.29 is 4.79 Å². The van der Waals surface area contributed by atoms with Crippen molar-refractivity contribution in [3.05, 3.63) is 39.2 Å².